The fourth-order valence-electron chi connectivity index (χ4n) is 2.98. The Labute approximate surface area is 129 Å². The topological polar surface area (TPSA) is 67.5 Å². The lowest BCUT2D eigenvalue weighted by Gasteiger charge is -2.18. The maximum Gasteiger partial charge on any atom is 0.271 e. The van der Waals surface area contributed by atoms with Crippen LogP contribution >= 0.6 is 0 Å². The molecule has 1 atom stereocenters. The number of aromatic amines is 1. The van der Waals surface area contributed by atoms with Gasteiger partial charge in [-0.15, -0.1) is 0 Å². The first-order chi connectivity index (χ1) is 10.7. The minimum absolute atomic E-state index is 0.0122. The number of rotatable bonds is 4. The number of hydrogen-bond acceptors (Lipinski definition) is 4. The number of aromatic nitrogens is 2. The fourth-order valence-corrected chi connectivity index (χ4v) is 2.98. The van der Waals surface area contributed by atoms with E-state index in [-0.39, 0.29) is 11.8 Å². The van der Waals surface area contributed by atoms with Crippen molar-refractivity contribution in [3.05, 3.63) is 42.0 Å². The Morgan fingerprint density at radius 3 is 2.91 bits per heavy atom. The SMILES string of the molecule is COc1cccc([C@@H]2CCN(C(=O)c3cnc[nH]3)C2)c1OC. The molecule has 22 heavy (non-hydrogen) atoms. The molecule has 1 amide bonds. The van der Waals surface area contributed by atoms with Gasteiger partial charge in [-0.05, 0) is 12.5 Å². The maximum atomic E-state index is 12.4. The second kappa shape index (κ2) is 6.09. The summed E-state index contributed by atoms with van der Waals surface area (Å²) in [7, 11) is 3.27. The van der Waals surface area contributed by atoms with Gasteiger partial charge >= 0.3 is 0 Å². The summed E-state index contributed by atoms with van der Waals surface area (Å²) in [6.07, 6.45) is 3.98. The van der Waals surface area contributed by atoms with E-state index in [1.165, 1.54) is 6.33 Å². The molecule has 0 saturated carbocycles. The molecule has 116 valence electrons. The van der Waals surface area contributed by atoms with Crippen molar-refractivity contribution in [3.63, 3.8) is 0 Å². The molecular formula is C16H19N3O3. The molecule has 2 heterocycles. The van der Waals surface area contributed by atoms with Gasteiger partial charge in [0.1, 0.15) is 5.69 Å². The summed E-state index contributed by atoms with van der Waals surface area (Å²) in [4.78, 5) is 21.0. The van der Waals surface area contributed by atoms with Crippen molar-refractivity contribution in [3.8, 4) is 11.5 Å². The Balaban J connectivity index is 1.80. The van der Waals surface area contributed by atoms with Crippen LogP contribution in [0.15, 0.2) is 30.7 Å². The van der Waals surface area contributed by atoms with Crippen LogP contribution < -0.4 is 9.47 Å². The molecule has 6 nitrogen and oxygen atoms in total. The first-order valence-electron chi connectivity index (χ1n) is 7.23. The van der Waals surface area contributed by atoms with Gasteiger partial charge in [0.2, 0.25) is 0 Å². The lowest BCUT2D eigenvalue weighted by atomic mass is 9.97. The number of para-hydroxylation sites is 1. The minimum atomic E-state index is -0.0122. The zero-order valence-electron chi connectivity index (χ0n) is 12.7. The van der Waals surface area contributed by atoms with Crippen LogP contribution in [0.3, 0.4) is 0 Å². The molecule has 3 rings (SSSR count). The molecule has 1 aliphatic rings. The Hall–Kier alpha value is -2.50. The van der Waals surface area contributed by atoms with Crippen LogP contribution in [0.4, 0.5) is 0 Å². The van der Waals surface area contributed by atoms with Crippen LogP contribution in [-0.4, -0.2) is 48.1 Å². The molecule has 0 radical (unpaired) electrons. The largest absolute Gasteiger partial charge is 0.493 e. The number of carbonyl (C=O) groups is 1. The number of likely N-dealkylation sites (tertiary alicyclic amines) is 1. The van der Waals surface area contributed by atoms with E-state index in [1.807, 2.05) is 23.1 Å². The number of methoxy groups -OCH3 is 2. The third kappa shape index (κ3) is 2.52. The van der Waals surface area contributed by atoms with E-state index in [4.69, 9.17) is 9.47 Å². The smallest absolute Gasteiger partial charge is 0.271 e. The summed E-state index contributed by atoms with van der Waals surface area (Å²) in [5.41, 5.74) is 1.61. The van der Waals surface area contributed by atoms with Gasteiger partial charge in [0.15, 0.2) is 11.5 Å². The van der Waals surface area contributed by atoms with E-state index in [1.54, 1.807) is 20.4 Å². The van der Waals surface area contributed by atoms with Gasteiger partial charge in [0, 0.05) is 24.6 Å². The number of H-pyrrole nitrogens is 1. The Morgan fingerprint density at radius 1 is 1.36 bits per heavy atom. The predicted octanol–water partition coefficient (Wildman–Crippen LogP) is 2.06. The standard InChI is InChI=1S/C16H19N3O3/c1-21-14-5-3-4-12(15(14)22-2)11-6-7-19(9-11)16(20)13-8-17-10-18-13/h3-5,8,10-11H,6-7,9H2,1-2H3,(H,17,18)/t11-/m1/s1. The van der Waals surface area contributed by atoms with Crippen LogP contribution in [0.2, 0.25) is 0 Å². The molecule has 0 spiro atoms. The van der Waals surface area contributed by atoms with Crippen LogP contribution in [0.25, 0.3) is 0 Å². The molecular weight excluding hydrogens is 282 g/mol. The van der Waals surface area contributed by atoms with Crippen molar-refractivity contribution in [1.29, 1.82) is 0 Å². The van der Waals surface area contributed by atoms with Gasteiger partial charge in [-0.2, -0.15) is 0 Å². The zero-order valence-corrected chi connectivity index (χ0v) is 12.7. The summed E-state index contributed by atoms with van der Waals surface area (Å²) in [5, 5.41) is 0. The lowest BCUT2D eigenvalue weighted by molar-refractivity contribution is 0.0785. The van der Waals surface area contributed by atoms with Gasteiger partial charge in [-0.1, -0.05) is 12.1 Å². The summed E-state index contributed by atoms with van der Waals surface area (Å²) in [5.74, 6) is 1.71. The van der Waals surface area contributed by atoms with Crippen molar-refractivity contribution >= 4 is 5.91 Å². The number of amides is 1. The molecule has 1 aromatic heterocycles. The van der Waals surface area contributed by atoms with Gasteiger partial charge in [-0.25, -0.2) is 4.98 Å². The Kier molecular flexibility index (Phi) is 4.00. The van der Waals surface area contributed by atoms with E-state index in [0.29, 0.717) is 12.2 Å². The molecule has 1 aliphatic heterocycles. The number of imidazole rings is 1. The first-order valence-corrected chi connectivity index (χ1v) is 7.23. The predicted molar refractivity (Wildman–Crippen MR) is 81.4 cm³/mol. The maximum absolute atomic E-state index is 12.4. The average molecular weight is 301 g/mol. The van der Waals surface area contributed by atoms with Crippen LogP contribution in [0, 0.1) is 0 Å². The number of ether oxygens (including phenoxy) is 2. The molecule has 0 bridgehead atoms. The van der Waals surface area contributed by atoms with E-state index in [0.717, 1.165) is 30.0 Å². The highest BCUT2D eigenvalue weighted by Crippen LogP contribution is 2.39. The summed E-state index contributed by atoms with van der Waals surface area (Å²) >= 11 is 0. The van der Waals surface area contributed by atoms with Crippen molar-refractivity contribution < 1.29 is 14.3 Å². The number of carbonyl (C=O) groups excluding carboxylic acids is 1. The average Bonchev–Trinajstić information content (AvgIpc) is 3.24. The number of benzene rings is 1. The van der Waals surface area contributed by atoms with E-state index >= 15 is 0 Å². The molecule has 1 saturated heterocycles. The highest BCUT2D eigenvalue weighted by atomic mass is 16.5. The molecule has 1 N–H and O–H groups in total. The second-order valence-corrected chi connectivity index (χ2v) is 5.28. The van der Waals surface area contributed by atoms with Crippen LogP contribution in [0.1, 0.15) is 28.4 Å². The molecule has 0 aliphatic carbocycles. The normalized spacial score (nSPS) is 17.5. The van der Waals surface area contributed by atoms with Crippen LogP contribution in [-0.2, 0) is 0 Å². The van der Waals surface area contributed by atoms with Gasteiger partial charge in [0.25, 0.3) is 5.91 Å². The Morgan fingerprint density at radius 2 is 2.23 bits per heavy atom. The third-order valence-electron chi connectivity index (χ3n) is 4.08. The number of hydrogen-bond donors (Lipinski definition) is 1. The summed E-state index contributed by atoms with van der Waals surface area (Å²) < 4.78 is 10.9. The number of nitrogens with zero attached hydrogens (tertiary/aromatic N) is 2. The van der Waals surface area contributed by atoms with E-state index in [2.05, 4.69) is 9.97 Å². The van der Waals surface area contributed by atoms with E-state index < -0.39 is 0 Å². The van der Waals surface area contributed by atoms with Gasteiger partial charge < -0.3 is 19.4 Å². The van der Waals surface area contributed by atoms with Crippen molar-refractivity contribution in [2.45, 2.75) is 12.3 Å². The second-order valence-electron chi connectivity index (χ2n) is 5.28. The minimum Gasteiger partial charge on any atom is -0.493 e. The highest BCUT2D eigenvalue weighted by Gasteiger charge is 2.30. The third-order valence-corrected chi connectivity index (χ3v) is 4.08. The quantitative estimate of drug-likeness (QED) is 0.938. The van der Waals surface area contributed by atoms with Crippen LogP contribution in [0.5, 0.6) is 11.5 Å². The fraction of sp³-hybridized carbons (Fsp3) is 0.375. The zero-order chi connectivity index (χ0) is 15.5. The van der Waals surface area contributed by atoms with Gasteiger partial charge in [-0.3, -0.25) is 4.79 Å². The summed E-state index contributed by atoms with van der Waals surface area (Å²) in [6.45, 7) is 1.39. The number of nitrogens with one attached hydrogen (secondary N) is 1. The molecule has 0 unspecified atom stereocenters. The van der Waals surface area contributed by atoms with Crippen molar-refractivity contribution in [1.82, 2.24) is 14.9 Å². The molecule has 1 fully saturated rings. The monoisotopic (exact) mass is 301 g/mol. The molecule has 2 aromatic rings. The lowest BCUT2D eigenvalue weighted by Crippen LogP contribution is -2.28. The first kappa shape index (κ1) is 14.4. The highest BCUT2D eigenvalue weighted by molar-refractivity contribution is 5.92. The Bertz CT molecular complexity index is 655. The summed E-state index contributed by atoms with van der Waals surface area (Å²) in [6, 6.07) is 5.87. The van der Waals surface area contributed by atoms with E-state index in [9.17, 15) is 4.79 Å². The molecule has 6 heteroatoms. The molecule has 1 aromatic carbocycles. The van der Waals surface area contributed by atoms with Crippen molar-refractivity contribution in [2.75, 3.05) is 27.3 Å². The van der Waals surface area contributed by atoms with Gasteiger partial charge in [0.05, 0.1) is 26.7 Å². The van der Waals surface area contributed by atoms with Crippen molar-refractivity contribution in [2.24, 2.45) is 0 Å².